The minimum atomic E-state index is -3.02. The molecule has 0 spiro atoms. The Balaban J connectivity index is 1.49. The Bertz CT molecular complexity index is 2410. The van der Waals surface area contributed by atoms with Crippen molar-refractivity contribution in [1.29, 1.82) is 0 Å². The van der Waals surface area contributed by atoms with Crippen molar-refractivity contribution in [2.24, 2.45) is 0 Å². The van der Waals surface area contributed by atoms with E-state index in [2.05, 4.69) is 210 Å². The summed E-state index contributed by atoms with van der Waals surface area (Å²) in [7, 11) is -3.02. The van der Waals surface area contributed by atoms with Crippen molar-refractivity contribution in [2.75, 3.05) is 4.90 Å². The Morgan fingerprint density at radius 1 is 0.473 bits per heavy atom. The first-order chi connectivity index (χ1) is 26.8. The van der Waals surface area contributed by atoms with Gasteiger partial charge in [0.25, 0.3) is 0 Å². The van der Waals surface area contributed by atoms with Gasteiger partial charge in [-0.15, -0.1) is 0 Å². The number of fused-ring (bicyclic) bond motifs is 4. The first-order valence-electron chi connectivity index (χ1n) is 20.0. The largest absolute Gasteiger partial charge is 0.453 e. The fraction of sp³-hybridized carbons (Fsp3) is 0.176. The summed E-state index contributed by atoms with van der Waals surface area (Å²) in [6.45, 7) is 14.2. The second-order valence-electron chi connectivity index (χ2n) is 16.2. The lowest BCUT2D eigenvalue weighted by Crippen LogP contribution is -2.87. The summed E-state index contributed by atoms with van der Waals surface area (Å²) >= 11 is 0. The normalized spacial score (nSPS) is 14.0. The van der Waals surface area contributed by atoms with Gasteiger partial charge in [0.15, 0.2) is 19.6 Å². The highest BCUT2D eigenvalue weighted by molar-refractivity contribution is 7.27. The maximum absolute atomic E-state index is 6.63. The van der Waals surface area contributed by atoms with Gasteiger partial charge in [-0.2, -0.15) is 0 Å². The van der Waals surface area contributed by atoms with Crippen LogP contribution in [0.1, 0.15) is 76.0 Å². The van der Waals surface area contributed by atoms with Crippen molar-refractivity contribution in [1.82, 2.24) is 0 Å². The molecule has 270 valence electrons. The van der Waals surface area contributed by atoms with Gasteiger partial charge in [0.2, 0.25) is 6.71 Å². The summed E-state index contributed by atoms with van der Waals surface area (Å²) in [6.07, 6.45) is 0. The van der Waals surface area contributed by atoms with Gasteiger partial charge in [-0.3, -0.25) is 0 Å². The maximum atomic E-state index is 6.63. The van der Waals surface area contributed by atoms with Gasteiger partial charge in [0, 0.05) is 5.69 Å². The van der Waals surface area contributed by atoms with E-state index in [4.69, 9.17) is 4.74 Å². The number of anilines is 3. The fourth-order valence-electron chi connectivity index (χ4n) is 9.55. The van der Waals surface area contributed by atoms with E-state index in [0.717, 1.165) is 22.9 Å². The van der Waals surface area contributed by atoms with Crippen LogP contribution in [0.5, 0.6) is 11.5 Å². The van der Waals surface area contributed by atoms with Crippen LogP contribution in [-0.4, -0.2) is 14.8 Å². The molecule has 0 saturated carbocycles. The maximum Gasteiger partial charge on any atom is 0.241 e. The van der Waals surface area contributed by atoms with Crippen molar-refractivity contribution < 1.29 is 4.74 Å². The third kappa shape index (κ3) is 5.53. The van der Waals surface area contributed by atoms with Crippen molar-refractivity contribution in [2.45, 2.75) is 59.3 Å². The van der Waals surface area contributed by atoms with Crippen LogP contribution in [0.3, 0.4) is 0 Å². The van der Waals surface area contributed by atoms with E-state index in [-0.39, 0.29) is 6.71 Å². The van der Waals surface area contributed by atoms with Crippen molar-refractivity contribution in [3.8, 4) is 11.5 Å². The SMILES string of the molecule is CC(C)c1cc(C(C)C)c(B2c3ccccc3[Si](c3ccccc3)(c3ccccc3)c3c2cccc3N2c3ccccc3Oc3ccccc32)c(C(C)C)c1. The first kappa shape index (κ1) is 35.1. The zero-order valence-corrected chi connectivity index (χ0v) is 33.8. The first-order valence-corrected chi connectivity index (χ1v) is 22.0. The molecule has 55 heavy (non-hydrogen) atoms. The number of para-hydroxylation sites is 4. The summed E-state index contributed by atoms with van der Waals surface area (Å²) in [5.74, 6) is 2.89. The van der Waals surface area contributed by atoms with E-state index in [1.54, 1.807) is 0 Å². The van der Waals surface area contributed by atoms with E-state index in [9.17, 15) is 0 Å². The highest BCUT2D eigenvalue weighted by Crippen LogP contribution is 2.50. The molecular formula is C51H48BNOSi. The van der Waals surface area contributed by atoms with E-state index >= 15 is 0 Å². The smallest absolute Gasteiger partial charge is 0.241 e. The molecule has 2 nitrogen and oxygen atoms in total. The van der Waals surface area contributed by atoms with Crippen molar-refractivity contribution in [3.63, 3.8) is 0 Å². The van der Waals surface area contributed by atoms with Gasteiger partial charge in [-0.1, -0.05) is 191 Å². The third-order valence-electron chi connectivity index (χ3n) is 12.0. The van der Waals surface area contributed by atoms with E-state index in [0.29, 0.717) is 17.8 Å². The molecule has 0 saturated heterocycles. The number of hydrogen-bond acceptors (Lipinski definition) is 2. The molecule has 0 atom stereocenters. The van der Waals surface area contributed by atoms with Crippen LogP contribution in [0.2, 0.25) is 0 Å². The average Bonchev–Trinajstić information content (AvgIpc) is 3.22. The minimum absolute atomic E-state index is 0.0433. The number of ether oxygens (including phenoxy) is 1. The zero-order valence-electron chi connectivity index (χ0n) is 32.8. The number of hydrogen-bond donors (Lipinski definition) is 0. The van der Waals surface area contributed by atoms with Crippen LogP contribution < -0.4 is 46.8 Å². The molecule has 4 heteroatoms. The number of rotatable bonds is 7. The Morgan fingerprint density at radius 3 is 1.49 bits per heavy atom. The van der Waals surface area contributed by atoms with Gasteiger partial charge >= 0.3 is 0 Å². The van der Waals surface area contributed by atoms with Crippen LogP contribution in [0.25, 0.3) is 0 Å². The summed E-state index contributed by atoms with van der Waals surface area (Å²) in [4.78, 5) is 2.50. The molecule has 9 rings (SSSR count). The molecule has 0 N–H and O–H groups in total. The quantitative estimate of drug-likeness (QED) is 0.152. The molecule has 0 amide bonds. The van der Waals surface area contributed by atoms with E-state index < -0.39 is 8.07 Å². The molecule has 0 unspecified atom stereocenters. The van der Waals surface area contributed by atoms with Crippen LogP contribution in [0.4, 0.5) is 17.1 Å². The number of benzene rings is 7. The Labute approximate surface area is 328 Å². The van der Waals surface area contributed by atoms with Gasteiger partial charge < -0.3 is 9.64 Å². The molecule has 0 radical (unpaired) electrons. The molecule has 0 fully saturated rings. The monoisotopic (exact) mass is 729 g/mol. The van der Waals surface area contributed by atoms with Gasteiger partial charge in [-0.25, -0.2) is 0 Å². The molecule has 2 heterocycles. The summed E-state index contributed by atoms with van der Waals surface area (Å²) in [6, 6.07) is 61.6. The predicted molar refractivity (Wildman–Crippen MR) is 238 cm³/mol. The predicted octanol–water partition coefficient (Wildman–Crippen LogP) is 8.84. The number of nitrogens with zero attached hydrogens (tertiary/aromatic N) is 1. The molecule has 7 aromatic carbocycles. The third-order valence-corrected chi connectivity index (χ3v) is 16.9. The molecule has 0 aliphatic carbocycles. The molecule has 7 aromatic rings. The molecule has 0 aromatic heterocycles. The van der Waals surface area contributed by atoms with Gasteiger partial charge in [0.1, 0.15) is 0 Å². The molecular weight excluding hydrogens is 681 g/mol. The zero-order chi connectivity index (χ0) is 37.8. The Morgan fingerprint density at radius 2 is 0.945 bits per heavy atom. The standard InChI is InChI=1S/C51H48BNOSi/c1-34(2)37-32-40(35(3)4)50(41(33-37)36(5)6)52-42-24-13-18-31-49(42)55(38-20-9-7-10-21-38,39-22-11-8-12-23-39)51-43(52)25-19-28-46(51)53-44-26-14-16-29-47(44)54-48-30-17-15-27-45(48)53/h7-36H,1-6H3. The van der Waals surface area contributed by atoms with Crippen LogP contribution in [0, 0.1) is 0 Å². The highest BCUT2D eigenvalue weighted by atomic mass is 28.3. The lowest BCUT2D eigenvalue weighted by Gasteiger charge is -2.46. The van der Waals surface area contributed by atoms with Gasteiger partial charge in [0.05, 0.1) is 11.4 Å². The summed E-state index contributed by atoms with van der Waals surface area (Å²) in [5.41, 5.74) is 12.0. The van der Waals surface area contributed by atoms with E-state index in [1.807, 2.05) is 0 Å². The minimum Gasteiger partial charge on any atom is -0.453 e. The van der Waals surface area contributed by atoms with E-state index in [1.165, 1.54) is 59.5 Å². The Kier molecular flexibility index (Phi) is 8.90. The van der Waals surface area contributed by atoms with Crippen LogP contribution >= 0.6 is 0 Å². The Hall–Kier alpha value is -5.58. The van der Waals surface area contributed by atoms with Crippen molar-refractivity contribution in [3.05, 3.63) is 180 Å². The molecule has 2 aliphatic heterocycles. The average molecular weight is 730 g/mol. The molecule has 2 aliphatic rings. The second-order valence-corrected chi connectivity index (χ2v) is 19.9. The highest BCUT2D eigenvalue weighted by Gasteiger charge is 2.52. The van der Waals surface area contributed by atoms with Crippen LogP contribution in [0.15, 0.2) is 164 Å². The van der Waals surface area contributed by atoms with Gasteiger partial charge in [-0.05, 0) is 85.5 Å². The van der Waals surface area contributed by atoms with Crippen molar-refractivity contribution >= 4 is 69.0 Å². The molecule has 0 bridgehead atoms. The second kappa shape index (κ2) is 13.9. The lowest BCUT2D eigenvalue weighted by molar-refractivity contribution is 0.477. The topological polar surface area (TPSA) is 12.5 Å². The lowest BCUT2D eigenvalue weighted by atomic mass is 9.34. The summed E-state index contributed by atoms with van der Waals surface area (Å²) < 4.78 is 6.63. The van der Waals surface area contributed by atoms with Crippen LogP contribution in [-0.2, 0) is 0 Å². The fourth-order valence-corrected chi connectivity index (χ4v) is 15.0. The summed E-state index contributed by atoms with van der Waals surface area (Å²) in [5, 5.41) is 5.68.